The van der Waals surface area contributed by atoms with Crippen LogP contribution in [0.25, 0.3) is 0 Å². The van der Waals surface area contributed by atoms with E-state index in [-0.39, 0.29) is 4.90 Å². The molecule has 2 heterocycles. The molecule has 1 aromatic carbocycles. The van der Waals surface area contributed by atoms with Crippen LogP contribution in [-0.4, -0.2) is 77.3 Å². The molecule has 2 saturated heterocycles. The second-order valence-electron chi connectivity index (χ2n) is 7.12. The van der Waals surface area contributed by atoms with E-state index in [1.165, 1.54) is 20.3 Å². The number of methoxy groups -OCH3 is 3. The van der Waals surface area contributed by atoms with Crippen LogP contribution < -0.4 is 9.47 Å². The highest BCUT2D eigenvalue weighted by molar-refractivity contribution is 7.89. The standard InChI is InChI=1S/C19H30N2O5S/c1-24-16-8-10-20(11-9-16)15-6-12-21(13-7-15)27(22,23)19-14-17(25-2)4-5-18(19)26-3/h4-5,14-16H,6-13H2,1-3H3. The van der Waals surface area contributed by atoms with Gasteiger partial charge >= 0.3 is 0 Å². The zero-order valence-corrected chi connectivity index (χ0v) is 17.2. The Balaban J connectivity index is 1.67. The van der Waals surface area contributed by atoms with E-state index in [9.17, 15) is 8.42 Å². The number of rotatable bonds is 6. The fourth-order valence-electron chi connectivity index (χ4n) is 4.05. The molecule has 3 rings (SSSR count). The highest BCUT2D eigenvalue weighted by Gasteiger charge is 2.34. The summed E-state index contributed by atoms with van der Waals surface area (Å²) in [6, 6.07) is 5.32. The maximum absolute atomic E-state index is 13.2. The first-order chi connectivity index (χ1) is 13.0. The van der Waals surface area contributed by atoms with Gasteiger partial charge in [-0.3, -0.25) is 0 Å². The molecule has 0 amide bonds. The lowest BCUT2D eigenvalue weighted by atomic mass is 10.00. The molecule has 2 aliphatic heterocycles. The molecule has 0 N–H and O–H groups in total. The van der Waals surface area contributed by atoms with E-state index >= 15 is 0 Å². The summed E-state index contributed by atoms with van der Waals surface area (Å²) in [5.74, 6) is 0.852. The predicted molar refractivity (Wildman–Crippen MR) is 103 cm³/mol. The summed E-state index contributed by atoms with van der Waals surface area (Å²) in [4.78, 5) is 2.66. The highest BCUT2D eigenvalue weighted by atomic mass is 32.2. The fourth-order valence-corrected chi connectivity index (χ4v) is 5.69. The maximum atomic E-state index is 13.2. The lowest BCUT2D eigenvalue weighted by Gasteiger charge is -2.41. The van der Waals surface area contributed by atoms with E-state index in [2.05, 4.69) is 4.90 Å². The number of piperidine rings is 2. The average molecular weight is 399 g/mol. The molecule has 0 radical (unpaired) electrons. The molecule has 2 fully saturated rings. The van der Waals surface area contributed by atoms with Crippen LogP contribution in [0.4, 0.5) is 0 Å². The van der Waals surface area contributed by atoms with Gasteiger partial charge in [-0.05, 0) is 37.8 Å². The van der Waals surface area contributed by atoms with E-state index < -0.39 is 10.0 Å². The Bertz CT molecular complexity index is 724. The van der Waals surface area contributed by atoms with Crippen LogP contribution in [-0.2, 0) is 14.8 Å². The van der Waals surface area contributed by atoms with Gasteiger partial charge in [0.15, 0.2) is 0 Å². The summed E-state index contributed by atoms with van der Waals surface area (Å²) in [6.07, 6.45) is 4.17. The Morgan fingerprint density at radius 2 is 1.59 bits per heavy atom. The lowest BCUT2D eigenvalue weighted by Crippen LogP contribution is -2.49. The van der Waals surface area contributed by atoms with Crippen molar-refractivity contribution in [2.24, 2.45) is 0 Å². The third kappa shape index (κ3) is 4.39. The molecule has 0 atom stereocenters. The van der Waals surface area contributed by atoms with Crippen molar-refractivity contribution in [3.05, 3.63) is 18.2 Å². The van der Waals surface area contributed by atoms with Gasteiger partial charge in [0.25, 0.3) is 0 Å². The summed E-state index contributed by atoms with van der Waals surface area (Å²) in [5.41, 5.74) is 0. The molecule has 0 bridgehead atoms. The van der Waals surface area contributed by atoms with Crippen LogP contribution in [0.5, 0.6) is 11.5 Å². The van der Waals surface area contributed by atoms with Crippen molar-refractivity contribution < 1.29 is 22.6 Å². The van der Waals surface area contributed by atoms with Crippen LogP contribution in [0.3, 0.4) is 0 Å². The minimum Gasteiger partial charge on any atom is -0.497 e. The normalized spacial score (nSPS) is 21.3. The van der Waals surface area contributed by atoms with E-state index in [0.29, 0.717) is 36.7 Å². The van der Waals surface area contributed by atoms with Crippen LogP contribution >= 0.6 is 0 Å². The molecule has 1 aromatic rings. The van der Waals surface area contributed by atoms with Gasteiger partial charge in [0.2, 0.25) is 10.0 Å². The number of hydrogen-bond acceptors (Lipinski definition) is 6. The number of benzene rings is 1. The molecular formula is C19H30N2O5S. The molecule has 0 aromatic heterocycles. The van der Waals surface area contributed by atoms with Crippen LogP contribution in [0.1, 0.15) is 25.7 Å². The zero-order chi connectivity index (χ0) is 19.4. The number of sulfonamides is 1. The Morgan fingerprint density at radius 3 is 2.15 bits per heavy atom. The van der Waals surface area contributed by atoms with Crippen molar-refractivity contribution in [2.75, 3.05) is 47.5 Å². The van der Waals surface area contributed by atoms with Gasteiger partial charge in [-0.1, -0.05) is 0 Å². The SMILES string of the molecule is COc1ccc(OC)c(S(=O)(=O)N2CCC(N3CCC(OC)CC3)CC2)c1. The second kappa shape index (κ2) is 8.77. The first kappa shape index (κ1) is 20.4. The number of nitrogens with zero attached hydrogens (tertiary/aromatic N) is 2. The quantitative estimate of drug-likeness (QED) is 0.730. The summed E-state index contributed by atoms with van der Waals surface area (Å²) >= 11 is 0. The summed E-state index contributed by atoms with van der Waals surface area (Å²) in [5, 5.41) is 0. The van der Waals surface area contributed by atoms with Crippen LogP contribution in [0.2, 0.25) is 0 Å². The zero-order valence-electron chi connectivity index (χ0n) is 16.4. The minimum atomic E-state index is -3.61. The van der Waals surface area contributed by atoms with Crippen molar-refractivity contribution >= 4 is 10.0 Å². The Hall–Kier alpha value is -1.35. The van der Waals surface area contributed by atoms with Gasteiger partial charge in [-0.15, -0.1) is 0 Å². The summed E-state index contributed by atoms with van der Waals surface area (Å²) in [7, 11) is 1.17. The lowest BCUT2D eigenvalue weighted by molar-refractivity contribution is 0.0190. The van der Waals surface area contributed by atoms with Crippen molar-refractivity contribution in [3.63, 3.8) is 0 Å². The molecule has 27 heavy (non-hydrogen) atoms. The van der Waals surface area contributed by atoms with Crippen LogP contribution in [0, 0.1) is 0 Å². The van der Waals surface area contributed by atoms with E-state index in [4.69, 9.17) is 14.2 Å². The molecule has 8 heteroatoms. The van der Waals surface area contributed by atoms with Crippen molar-refractivity contribution in [1.82, 2.24) is 9.21 Å². The van der Waals surface area contributed by atoms with E-state index in [1.807, 2.05) is 0 Å². The molecule has 7 nitrogen and oxygen atoms in total. The average Bonchev–Trinajstić information content (AvgIpc) is 2.73. The largest absolute Gasteiger partial charge is 0.497 e. The number of hydrogen-bond donors (Lipinski definition) is 0. The topological polar surface area (TPSA) is 68.3 Å². The molecule has 0 saturated carbocycles. The molecule has 2 aliphatic rings. The number of ether oxygens (including phenoxy) is 3. The molecular weight excluding hydrogens is 368 g/mol. The minimum absolute atomic E-state index is 0.170. The van der Waals surface area contributed by atoms with Gasteiger partial charge in [-0.2, -0.15) is 4.31 Å². The van der Waals surface area contributed by atoms with Crippen molar-refractivity contribution in [1.29, 1.82) is 0 Å². The van der Waals surface area contributed by atoms with Crippen LogP contribution in [0.15, 0.2) is 23.1 Å². The maximum Gasteiger partial charge on any atom is 0.246 e. The first-order valence-corrected chi connectivity index (χ1v) is 10.9. The Kier molecular flexibility index (Phi) is 6.62. The Morgan fingerprint density at radius 1 is 0.926 bits per heavy atom. The van der Waals surface area contributed by atoms with Gasteiger partial charge in [0.1, 0.15) is 16.4 Å². The predicted octanol–water partition coefficient (Wildman–Crippen LogP) is 1.97. The molecule has 0 unspecified atom stereocenters. The fraction of sp³-hybridized carbons (Fsp3) is 0.684. The third-order valence-electron chi connectivity index (χ3n) is 5.74. The Labute approximate surface area is 162 Å². The summed E-state index contributed by atoms with van der Waals surface area (Å²) in [6.45, 7) is 3.11. The van der Waals surface area contributed by atoms with E-state index in [1.54, 1.807) is 23.5 Å². The number of likely N-dealkylation sites (tertiary alicyclic amines) is 1. The van der Waals surface area contributed by atoms with Crippen molar-refractivity contribution in [3.8, 4) is 11.5 Å². The molecule has 152 valence electrons. The smallest absolute Gasteiger partial charge is 0.246 e. The van der Waals surface area contributed by atoms with E-state index in [0.717, 1.165) is 38.8 Å². The van der Waals surface area contributed by atoms with Gasteiger partial charge in [0.05, 0.1) is 20.3 Å². The monoisotopic (exact) mass is 398 g/mol. The summed E-state index contributed by atoms with van der Waals surface area (Å²) < 4.78 is 43.8. The molecule has 0 aliphatic carbocycles. The highest BCUT2D eigenvalue weighted by Crippen LogP contribution is 2.32. The molecule has 0 spiro atoms. The third-order valence-corrected chi connectivity index (χ3v) is 7.66. The first-order valence-electron chi connectivity index (χ1n) is 9.48. The van der Waals surface area contributed by atoms with Gasteiger partial charge < -0.3 is 19.1 Å². The van der Waals surface area contributed by atoms with Gasteiger partial charge in [-0.25, -0.2) is 8.42 Å². The van der Waals surface area contributed by atoms with Gasteiger partial charge in [0, 0.05) is 45.4 Å². The second-order valence-corrected chi connectivity index (χ2v) is 9.03. The van der Waals surface area contributed by atoms with Crippen molar-refractivity contribution in [2.45, 2.75) is 42.7 Å².